The number of hydrogen-bond donors (Lipinski definition) is 1. The standard InChI is InChI=1S/C18H26BrFN2/c1-13-11-15(19)12-16(17(13)20)18(14-5-3-2-4-6-14)22-9-7-21-8-10-22/h11-12,14,18,21H,2-10H2,1H3/t18-/m0/s1. The Kier molecular flexibility index (Phi) is 5.53. The van der Waals surface area contributed by atoms with Crippen molar-refractivity contribution in [2.24, 2.45) is 5.92 Å². The van der Waals surface area contributed by atoms with Gasteiger partial charge >= 0.3 is 0 Å². The van der Waals surface area contributed by atoms with Crippen LogP contribution in [0.5, 0.6) is 0 Å². The summed E-state index contributed by atoms with van der Waals surface area (Å²) in [7, 11) is 0. The Morgan fingerprint density at radius 3 is 2.55 bits per heavy atom. The Bertz CT molecular complexity index is 490. The van der Waals surface area contributed by atoms with E-state index >= 15 is 0 Å². The van der Waals surface area contributed by atoms with Gasteiger partial charge < -0.3 is 5.32 Å². The predicted octanol–water partition coefficient (Wildman–Crippen LogP) is 4.42. The Balaban J connectivity index is 1.96. The molecule has 1 heterocycles. The van der Waals surface area contributed by atoms with Gasteiger partial charge in [-0.3, -0.25) is 4.90 Å². The molecule has 0 unspecified atom stereocenters. The van der Waals surface area contributed by atoms with Gasteiger partial charge in [0.1, 0.15) is 5.82 Å². The second-order valence-electron chi connectivity index (χ2n) is 6.75. The molecule has 2 aliphatic rings. The second kappa shape index (κ2) is 7.41. The van der Waals surface area contributed by atoms with Crippen LogP contribution in [-0.2, 0) is 0 Å². The van der Waals surface area contributed by atoms with E-state index in [0.717, 1.165) is 41.8 Å². The fraction of sp³-hybridized carbons (Fsp3) is 0.667. The predicted molar refractivity (Wildman–Crippen MR) is 92.6 cm³/mol. The number of hydrogen-bond acceptors (Lipinski definition) is 2. The fourth-order valence-corrected chi connectivity index (χ4v) is 4.72. The van der Waals surface area contributed by atoms with Crippen molar-refractivity contribution in [2.75, 3.05) is 26.2 Å². The lowest BCUT2D eigenvalue weighted by atomic mass is 9.79. The first-order valence-corrected chi connectivity index (χ1v) is 9.36. The van der Waals surface area contributed by atoms with Crippen LogP contribution in [0.25, 0.3) is 0 Å². The minimum absolute atomic E-state index is 0.00249. The second-order valence-corrected chi connectivity index (χ2v) is 7.67. The Labute approximate surface area is 141 Å². The molecule has 2 fully saturated rings. The topological polar surface area (TPSA) is 15.3 Å². The first-order chi connectivity index (χ1) is 10.7. The van der Waals surface area contributed by atoms with Crippen molar-refractivity contribution in [1.29, 1.82) is 0 Å². The summed E-state index contributed by atoms with van der Waals surface area (Å²) in [6.07, 6.45) is 6.40. The van der Waals surface area contributed by atoms with Gasteiger partial charge in [0.25, 0.3) is 0 Å². The summed E-state index contributed by atoms with van der Waals surface area (Å²) < 4.78 is 15.9. The normalized spacial score (nSPS) is 22.7. The third-order valence-electron chi connectivity index (χ3n) is 5.21. The molecule has 4 heteroatoms. The van der Waals surface area contributed by atoms with Crippen LogP contribution in [0.4, 0.5) is 4.39 Å². The Morgan fingerprint density at radius 1 is 1.18 bits per heavy atom. The lowest BCUT2D eigenvalue weighted by Crippen LogP contribution is -2.47. The molecule has 0 radical (unpaired) electrons. The zero-order chi connectivity index (χ0) is 15.5. The first-order valence-electron chi connectivity index (χ1n) is 8.57. The number of aryl methyl sites for hydroxylation is 1. The highest BCUT2D eigenvalue weighted by Gasteiger charge is 2.33. The van der Waals surface area contributed by atoms with Gasteiger partial charge in [-0.25, -0.2) is 4.39 Å². The van der Waals surface area contributed by atoms with E-state index in [1.807, 2.05) is 19.1 Å². The molecule has 0 bridgehead atoms. The summed E-state index contributed by atoms with van der Waals surface area (Å²) in [5, 5.41) is 3.42. The highest BCUT2D eigenvalue weighted by molar-refractivity contribution is 9.10. The van der Waals surface area contributed by atoms with Crippen molar-refractivity contribution < 1.29 is 4.39 Å². The van der Waals surface area contributed by atoms with E-state index in [0.29, 0.717) is 5.92 Å². The van der Waals surface area contributed by atoms with Gasteiger partial charge in [-0.2, -0.15) is 0 Å². The zero-order valence-corrected chi connectivity index (χ0v) is 15.0. The molecule has 1 N–H and O–H groups in total. The van der Waals surface area contributed by atoms with Crippen LogP contribution in [0.2, 0.25) is 0 Å². The van der Waals surface area contributed by atoms with Gasteiger partial charge in [-0.15, -0.1) is 0 Å². The number of piperazine rings is 1. The summed E-state index contributed by atoms with van der Waals surface area (Å²) in [4.78, 5) is 2.51. The minimum Gasteiger partial charge on any atom is -0.314 e. The summed E-state index contributed by atoms with van der Waals surface area (Å²) in [5.41, 5.74) is 1.65. The van der Waals surface area contributed by atoms with E-state index in [9.17, 15) is 4.39 Å². The maximum absolute atomic E-state index is 14.9. The number of benzene rings is 1. The van der Waals surface area contributed by atoms with Crippen molar-refractivity contribution in [1.82, 2.24) is 10.2 Å². The molecule has 3 rings (SSSR count). The molecule has 2 nitrogen and oxygen atoms in total. The first kappa shape index (κ1) is 16.4. The lowest BCUT2D eigenvalue weighted by molar-refractivity contribution is 0.100. The quantitative estimate of drug-likeness (QED) is 0.848. The monoisotopic (exact) mass is 368 g/mol. The third kappa shape index (κ3) is 3.55. The minimum atomic E-state index is -0.00249. The van der Waals surface area contributed by atoms with Gasteiger partial charge in [-0.05, 0) is 43.4 Å². The van der Waals surface area contributed by atoms with E-state index in [1.165, 1.54) is 32.1 Å². The van der Waals surface area contributed by atoms with E-state index in [4.69, 9.17) is 0 Å². The zero-order valence-electron chi connectivity index (χ0n) is 13.4. The van der Waals surface area contributed by atoms with Gasteiger partial charge in [-0.1, -0.05) is 35.2 Å². The van der Waals surface area contributed by atoms with Gasteiger partial charge in [0.2, 0.25) is 0 Å². The highest BCUT2D eigenvalue weighted by Crippen LogP contribution is 2.40. The van der Waals surface area contributed by atoms with Crippen LogP contribution in [-0.4, -0.2) is 31.1 Å². The molecule has 1 atom stereocenters. The maximum atomic E-state index is 14.9. The molecule has 1 aromatic carbocycles. The van der Waals surface area contributed by atoms with Crippen molar-refractivity contribution in [2.45, 2.75) is 45.1 Å². The molecule has 1 aliphatic heterocycles. The van der Waals surface area contributed by atoms with Crippen LogP contribution in [0.1, 0.15) is 49.3 Å². The lowest BCUT2D eigenvalue weighted by Gasteiger charge is -2.41. The van der Waals surface area contributed by atoms with Crippen LogP contribution in [0.15, 0.2) is 16.6 Å². The molecule has 122 valence electrons. The summed E-state index contributed by atoms with van der Waals surface area (Å²) in [5.74, 6) is 0.590. The molecule has 22 heavy (non-hydrogen) atoms. The average Bonchev–Trinajstić information content (AvgIpc) is 2.54. The molecular weight excluding hydrogens is 343 g/mol. The number of nitrogens with one attached hydrogen (secondary N) is 1. The van der Waals surface area contributed by atoms with Crippen LogP contribution in [0.3, 0.4) is 0 Å². The van der Waals surface area contributed by atoms with Gasteiger partial charge in [0.05, 0.1) is 0 Å². The van der Waals surface area contributed by atoms with Crippen molar-refractivity contribution in [3.05, 3.63) is 33.5 Å². The Morgan fingerprint density at radius 2 is 1.86 bits per heavy atom. The molecule has 1 aliphatic carbocycles. The van der Waals surface area contributed by atoms with Crippen LogP contribution >= 0.6 is 15.9 Å². The summed E-state index contributed by atoms with van der Waals surface area (Å²) in [6, 6.07) is 4.14. The molecule has 0 amide bonds. The van der Waals surface area contributed by atoms with E-state index < -0.39 is 0 Å². The van der Waals surface area contributed by atoms with Crippen LogP contribution < -0.4 is 5.32 Å². The number of rotatable bonds is 3. The van der Waals surface area contributed by atoms with E-state index in [1.54, 1.807) is 0 Å². The smallest absolute Gasteiger partial charge is 0.130 e. The molecule has 1 aromatic rings. The third-order valence-corrected chi connectivity index (χ3v) is 5.67. The SMILES string of the molecule is Cc1cc(Br)cc([C@H](C2CCCCC2)N2CCNCC2)c1F. The average molecular weight is 369 g/mol. The van der Waals surface area contributed by atoms with Crippen molar-refractivity contribution in [3.63, 3.8) is 0 Å². The fourth-order valence-electron chi connectivity index (χ4n) is 4.13. The summed E-state index contributed by atoms with van der Waals surface area (Å²) in [6.45, 7) is 5.94. The largest absolute Gasteiger partial charge is 0.314 e. The molecular formula is C18H26BrFN2. The molecule has 1 saturated carbocycles. The number of nitrogens with zero attached hydrogens (tertiary/aromatic N) is 1. The van der Waals surface area contributed by atoms with E-state index in [2.05, 4.69) is 26.1 Å². The molecule has 0 aromatic heterocycles. The van der Waals surface area contributed by atoms with Crippen molar-refractivity contribution in [3.8, 4) is 0 Å². The van der Waals surface area contributed by atoms with Gasteiger partial charge in [0.15, 0.2) is 0 Å². The van der Waals surface area contributed by atoms with E-state index in [-0.39, 0.29) is 11.9 Å². The Hall–Kier alpha value is -0.450. The molecule has 0 spiro atoms. The maximum Gasteiger partial charge on any atom is 0.130 e. The van der Waals surface area contributed by atoms with Crippen LogP contribution in [0, 0.1) is 18.7 Å². The molecule has 1 saturated heterocycles. The van der Waals surface area contributed by atoms with Crippen molar-refractivity contribution >= 4 is 15.9 Å². The highest BCUT2D eigenvalue weighted by atomic mass is 79.9. The summed E-state index contributed by atoms with van der Waals surface area (Å²) >= 11 is 3.57. The van der Waals surface area contributed by atoms with Gasteiger partial charge in [0, 0.05) is 42.3 Å². The number of halogens is 2.